The number of nitrogens with zero attached hydrogens (tertiary/aromatic N) is 2. The summed E-state index contributed by atoms with van der Waals surface area (Å²) in [4.78, 5) is 3.52. The summed E-state index contributed by atoms with van der Waals surface area (Å²) in [7, 11) is 0. The SMILES string of the molecule is N#CCc1ncc(C(F)F)c(OC(F)(F)F)c1CN. The number of rotatable bonds is 4. The van der Waals surface area contributed by atoms with E-state index >= 15 is 0 Å². The Morgan fingerprint density at radius 2 is 2.05 bits per heavy atom. The quantitative estimate of drug-likeness (QED) is 0.860. The van der Waals surface area contributed by atoms with Crippen molar-refractivity contribution in [2.24, 2.45) is 5.73 Å². The van der Waals surface area contributed by atoms with Gasteiger partial charge in [-0.2, -0.15) is 5.26 Å². The number of nitriles is 1. The Kier molecular flexibility index (Phi) is 4.61. The van der Waals surface area contributed by atoms with Gasteiger partial charge in [-0.05, 0) is 0 Å². The minimum atomic E-state index is -5.14. The molecular formula is C10H8F5N3O. The lowest BCUT2D eigenvalue weighted by molar-refractivity contribution is -0.275. The summed E-state index contributed by atoms with van der Waals surface area (Å²) in [5.41, 5.74) is 3.75. The largest absolute Gasteiger partial charge is 0.573 e. The number of ether oxygens (including phenoxy) is 1. The maximum atomic E-state index is 12.6. The molecule has 0 aliphatic carbocycles. The van der Waals surface area contributed by atoms with Crippen LogP contribution in [0.3, 0.4) is 0 Å². The van der Waals surface area contributed by atoms with Crippen LogP contribution in [0.25, 0.3) is 0 Å². The van der Waals surface area contributed by atoms with Crippen LogP contribution in [0, 0.1) is 11.3 Å². The van der Waals surface area contributed by atoms with Crippen LogP contribution in [-0.2, 0) is 13.0 Å². The van der Waals surface area contributed by atoms with E-state index in [4.69, 9.17) is 11.0 Å². The summed E-state index contributed by atoms with van der Waals surface area (Å²) in [6.45, 7) is -0.504. The number of nitrogens with two attached hydrogens (primary N) is 1. The molecule has 104 valence electrons. The van der Waals surface area contributed by atoms with Gasteiger partial charge < -0.3 is 10.5 Å². The molecule has 1 aromatic heterocycles. The van der Waals surface area contributed by atoms with Gasteiger partial charge in [-0.25, -0.2) is 8.78 Å². The molecule has 0 bridgehead atoms. The number of pyridine rings is 1. The third-order valence-electron chi connectivity index (χ3n) is 2.15. The number of alkyl halides is 5. The van der Waals surface area contributed by atoms with Crippen molar-refractivity contribution in [2.45, 2.75) is 25.8 Å². The molecule has 0 saturated carbocycles. The fourth-order valence-corrected chi connectivity index (χ4v) is 1.42. The second-order valence-corrected chi connectivity index (χ2v) is 3.36. The Labute approximate surface area is 104 Å². The minimum absolute atomic E-state index is 0.117. The van der Waals surface area contributed by atoms with Crippen molar-refractivity contribution in [1.29, 1.82) is 5.26 Å². The Balaban J connectivity index is 3.42. The summed E-state index contributed by atoms with van der Waals surface area (Å²) < 4.78 is 65.6. The molecule has 1 aromatic rings. The number of halogens is 5. The smallest absolute Gasteiger partial charge is 0.405 e. The summed E-state index contributed by atoms with van der Waals surface area (Å²) in [5, 5.41) is 8.50. The van der Waals surface area contributed by atoms with Gasteiger partial charge in [0.05, 0.1) is 23.7 Å². The zero-order valence-corrected chi connectivity index (χ0v) is 9.34. The third kappa shape index (κ3) is 3.75. The van der Waals surface area contributed by atoms with E-state index in [0.29, 0.717) is 6.20 Å². The van der Waals surface area contributed by atoms with Crippen molar-refractivity contribution in [2.75, 3.05) is 0 Å². The highest BCUT2D eigenvalue weighted by Gasteiger charge is 2.35. The number of hydrogen-bond acceptors (Lipinski definition) is 4. The van der Waals surface area contributed by atoms with Gasteiger partial charge in [0.25, 0.3) is 6.43 Å². The van der Waals surface area contributed by atoms with E-state index in [9.17, 15) is 22.0 Å². The van der Waals surface area contributed by atoms with Crippen molar-refractivity contribution in [3.63, 3.8) is 0 Å². The van der Waals surface area contributed by atoms with E-state index in [-0.39, 0.29) is 17.7 Å². The topological polar surface area (TPSA) is 71.9 Å². The Morgan fingerprint density at radius 3 is 2.47 bits per heavy atom. The molecule has 0 radical (unpaired) electrons. The van der Waals surface area contributed by atoms with Gasteiger partial charge in [0.1, 0.15) is 5.75 Å². The Morgan fingerprint density at radius 1 is 1.42 bits per heavy atom. The predicted octanol–water partition coefficient (Wildman–Crippen LogP) is 2.44. The molecule has 0 saturated heterocycles. The van der Waals surface area contributed by atoms with E-state index < -0.39 is 30.6 Å². The maximum absolute atomic E-state index is 12.6. The molecule has 0 atom stereocenters. The van der Waals surface area contributed by atoms with Gasteiger partial charge in [0.15, 0.2) is 0 Å². The van der Waals surface area contributed by atoms with E-state index in [1.807, 2.05) is 0 Å². The first-order valence-corrected chi connectivity index (χ1v) is 4.91. The minimum Gasteiger partial charge on any atom is -0.405 e. The average molecular weight is 281 g/mol. The van der Waals surface area contributed by atoms with Crippen LogP contribution in [0.15, 0.2) is 6.20 Å². The zero-order chi connectivity index (χ0) is 14.6. The first kappa shape index (κ1) is 15.1. The fourth-order valence-electron chi connectivity index (χ4n) is 1.42. The summed E-state index contributed by atoms with van der Waals surface area (Å²) >= 11 is 0. The number of hydrogen-bond donors (Lipinski definition) is 1. The molecule has 0 aromatic carbocycles. The fraction of sp³-hybridized carbons (Fsp3) is 0.400. The lowest BCUT2D eigenvalue weighted by Crippen LogP contribution is -2.21. The van der Waals surface area contributed by atoms with Crippen LogP contribution in [0.5, 0.6) is 5.75 Å². The monoisotopic (exact) mass is 281 g/mol. The lowest BCUT2D eigenvalue weighted by Gasteiger charge is -2.17. The van der Waals surface area contributed by atoms with Gasteiger partial charge in [0.2, 0.25) is 0 Å². The molecule has 1 heterocycles. The average Bonchev–Trinajstić information content (AvgIpc) is 2.27. The van der Waals surface area contributed by atoms with Crippen LogP contribution in [-0.4, -0.2) is 11.3 Å². The summed E-state index contributed by atoms with van der Waals surface area (Å²) in [5.74, 6) is -1.08. The van der Waals surface area contributed by atoms with Crippen LogP contribution < -0.4 is 10.5 Å². The highest BCUT2D eigenvalue weighted by molar-refractivity contribution is 5.44. The van der Waals surface area contributed by atoms with Crippen molar-refractivity contribution >= 4 is 0 Å². The zero-order valence-electron chi connectivity index (χ0n) is 9.34. The molecule has 0 fully saturated rings. The van der Waals surface area contributed by atoms with Crippen molar-refractivity contribution in [3.05, 3.63) is 23.0 Å². The van der Waals surface area contributed by atoms with Crippen LogP contribution in [0.2, 0.25) is 0 Å². The molecule has 0 aliphatic rings. The van der Waals surface area contributed by atoms with Crippen molar-refractivity contribution in [3.8, 4) is 11.8 Å². The van der Waals surface area contributed by atoms with E-state index in [2.05, 4.69) is 9.72 Å². The lowest BCUT2D eigenvalue weighted by atomic mass is 10.1. The first-order valence-electron chi connectivity index (χ1n) is 4.91. The van der Waals surface area contributed by atoms with Gasteiger partial charge >= 0.3 is 6.36 Å². The molecule has 19 heavy (non-hydrogen) atoms. The predicted molar refractivity (Wildman–Crippen MR) is 53.1 cm³/mol. The van der Waals surface area contributed by atoms with Gasteiger partial charge in [-0.3, -0.25) is 4.98 Å². The third-order valence-corrected chi connectivity index (χ3v) is 2.15. The van der Waals surface area contributed by atoms with Crippen LogP contribution in [0.4, 0.5) is 22.0 Å². The molecule has 0 aliphatic heterocycles. The highest BCUT2D eigenvalue weighted by atomic mass is 19.4. The van der Waals surface area contributed by atoms with Crippen molar-refractivity contribution in [1.82, 2.24) is 4.98 Å². The highest BCUT2D eigenvalue weighted by Crippen LogP contribution is 2.36. The number of aromatic nitrogens is 1. The first-order chi connectivity index (χ1) is 8.80. The summed E-state index contributed by atoms with van der Waals surface area (Å²) in [6, 6.07) is 1.66. The van der Waals surface area contributed by atoms with Crippen LogP contribution >= 0.6 is 0 Å². The van der Waals surface area contributed by atoms with Crippen LogP contribution in [0.1, 0.15) is 23.2 Å². The molecule has 1 rings (SSSR count). The molecule has 0 amide bonds. The molecule has 4 nitrogen and oxygen atoms in total. The van der Waals surface area contributed by atoms with Gasteiger partial charge in [0, 0.05) is 18.3 Å². The normalized spacial score (nSPS) is 11.5. The molecule has 0 spiro atoms. The standard InChI is InChI=1S/C10H8F5N3O/c11-9(12)6-4-18-7(1-2-16)5(3-17)8(6)19-10(13,14)15/h4,9H,1,3,17H2. The molecule has 2 N–H and O–H groups in total. The second kappa shape index (κ2) is 5.79. The molecule has 0 unspecified atom stereocenters. The Hall–Kier alpha value is -1.95. The van der Waals surface area contributed by atoms with Gasteiger partial charge in [-0.15, -0.1) is 13.2 Å². The van der Waals surface area contributed by atoms with E-state index in [0.717, 1.165) is 0 Å². The molecular weight excluding hydrogens is 273 g/mol. The Bertz CT molecular complexity index is 495. The second-order valence-electron chi connectivity index (χ2n) is 3.36. The van der Waals surface area contributed by atoms with E-state index in [1.54, 1.807) is 6.07 Å². The van der Waals surface area contributed by atoms with Gasteiger partial charge in [-0.1, -0.05) is 0 Å². The van der Waals surface area contributed by atoms with Crippen molar-refractivity contribution < 1.29 is 26.7 Å². The van der Waals surface area contributed by atoms with E-state index in [1.165, 1.54) is 0 Å². The molecule has 9 heteroatoms. The maximum Gasteiger partial charge on any atom is 0.573 e. The summed E-state index contributed by atoms with van der Waals surface area (Å²) in [6.07, 6.45) is -8.15.